The van der Waals surface area contributed by atoms with Crippen molar-refractivity contribution in [1.29, 1.82) is 0 Å². The molecule has 1 aliphatic carbocycles. The van der Waals surface area contributed by atoms with Crippen LogP contribution >= 0.6 is 11.6 Å². The first-order chi connectivity index (χ1) is 9.83. The second-order valence-electron chi connectivity index (χ2n) is 6.18. The summed E-state index contributed by atoms with van der Waals surface area (Å²) >= 11 is 6.24. The zero-order valence-electron chi connectivity index (χ0n) is 12.2. The first kappa shape index (κ1) is 14.2. The molecular weight excluding hydrogens is 268 g/mol. The smallest absolute Gasteiger partial charge is 0.0426 e. The normalized spacial score (nSPS) is 20.6. The number of halogens is 1. The van der Waals surface area contributed by atoms with E-state index in [2.05, 4.69) is 22.3 Å². The maximum absolute atomic E-state index is 6.24. The van der Waals surface area contributed by atoms with Gasteiger partial charge in [0.2, 0.25) is 0 Å². The Morgan fingerprint density at radius 2 is 1.75 bits per heavy atom. The molecule has 1 N–H and O–H groups in total. The second kappa shape index (κ2) is 6.82. The van der Waals surface area contributed by atoms with Crippen molar-refractivity contribution in [3.63, 3.8) is 0 Å². The summed E-state index contributed by atoms with van der Waals surface area (Å²) in [6.07, 6.45) is 9.43. The van der Waals surface area contributed by atoms with Crippen LogP contribution in [0.2, 0.25) is 5.02 Å². The summed E-state index contributed by atoms with van der Waals surface area (Å²) < 4.78 is 0. The first-order valence-electron chi connectivity index (χ1n) is 8.10. The summed E-state index contributed by atoms with van der Waals surface area (Å²) in [6.45, 7) is 3.33. The number of rotatable bonds is 4. The molecule has 0 atom stereocenters. The van der Waals surface area contributed by atoms with Crippen molar-refractivity contribution in [2.24, 2.45) is 0 Å². The van der Waals surface area contributed by atoms with E-state index in [9.17, 15) is 0 Å². The van der Waals surface area contributed by atoms with E-state index in [1.54, 1.807) is 0 Å². The summed E-state index contributed by atoms with van der Waals surface area (Å²) in [5.41, 5.74) is 2.76. The van der Waals surface area contributed by atoms with Crippen LogP contribution in [0, 0.1) is 0 Å². The molecule has 0 aromatic heterocycles. The van der Waals surface area contributed by atoms with Gasteiger partial charge in [-0.15, -0.1) is 0 Å². The molecule has 3 rings (SSSR count). The molecule has 0 amide bonds. The van der Waals surface area contributed by atoms with E-state index in [-0.39, 0.29) is 0 Å². The zero-order valence-corrected chi connectivity index (χ0v) is 13.0. The van der Waals surface area contributed by atoms with Crippen molar-refractivity contribution in [2.45, 2.75) is 57.5 Å². The summed E-state index contributed by atoms with van der Waals surface area (Å²) in [6, 6.07) is 7.14. The standard InChI is InChI=1S/C17H25ClN2/c18-15-7-6-14(13-19-16-8-9-16)17(12-15)20-10-4-2-1-3-5-11-20/h6-7,12,16,19H,1-5,8-11,13H2. The Morgan fingerprint density at radius 3 is 2.45 bits per heavy atom. The van der Waals surface area contributed by atoms with Gasteiger partial charge in [0.05, 0.1) is 0 Å². The van der Waals surface area contributed by atoms with Crippen LogP contribution in [0.4, 0.5) is 5.69 Å². The van der Waals surface area contributed by atoms with Gasteiger partial charge < -0.3 is 10.2 Å². The van der Waals surface area contributed by atoms with Gasteiger partial charge in [0.25, 0.3) is 0 Å². The Bertz CT molecular complexity index is 435. The molecule has 1 aliphatic heterocycles. The topological polar surface area (TPSA) is 15.3 Å². The van der Waals surface area contributed by atoms with E-state index < -0.39 is 0 Å². The van der Waals surface area contributed by atoms with E-state index in [0.717, 1.165) is 17.6 Å². The van der Waals surface area contributed by atoms with Crippen molar-refractivity contribution in [3.05, 3.63) is 28.8 Å². The lowest BCUT2D eigenvalue weighted by Gasteiger charge is -2.29. The summed E-state index contributed by atoms with van der Waals surface area (Å²) in [4.78, 5) is 2.55. The Kier molecular flexibility index (Phi) is 4.85. The minimum atomic E-state index is 0.755. The van der Waals surface area contributed by atoms with E-state index in [0.29, 0.717) is 0 Å². The van der Waals surface area contributed by atoms with Crippen LogP contribution in [0.3, 0.4) is 0 Å². The van der Waals surface area contributed by atoms with Gasteiger partial charge in [0.1, 0.15) is 0 Å². The lowest BCUT2D eigenvalue weighted by atomic mass is 10.1. The molecule has 0 unspecified atom stereocenters. The predicted octanol–water partition coefficient (Wildman–Crippen LogP) is 4.36. The van der Waals surface area contributed by atoms with Crippen molar-refractivity contribution in [3.8, 4) is 0 Å². The number of nitrogens with zero attached hydrogens (tertiary/aromatic N) is 1. The monoisotopic (exact) mass is 292 g/mol. The zero-order chi connectivity index (χ0) is 13.8. The van der Waals surface area contributed by atoms with E-state index >= 15 is 0 Å². The quantitative estimate of drug-likeness (QED) is 0.887. The largest absolute Gasteiger partial charge is 0.371 e. The van der Waals surface area contributed by atoms with Gasteiger partial charge in [-0.2, -0.15) is 0 Å². The third-order valence-corrected chi connectivity index (χ3v) is 4.64. The fraction of sp³-hybridized carbons (Fsp3) is 0.647. The maximum atomic E-state index is 6.24. The highest BCUT2D eigenvalue weighted by atomic mass is 35.5. The molecule has 1 heterocycles. The van der Waals surface area contributed by atoms with Crippen LogP contribution in [-0.2, 0) is 6.54 Å². The molecule has 1 saturated heterocycles. The molecule has 110 valence electrons. The number of nitrogens with one attached hydrogen (secondary N) is 1. The minimum Gasteiger partial charge on any atom is -0.371 e. The van der Waals surface area contributed by atoms with E-state index in [1.807, 2.05) is 6.07 Å². The van der Waals surface area contributed by atoms with Crippen LogP contribution in [-0.4, -0.2) is 19.1 Å². The Hall–Kier alpha value is -0.730. The Balaban J connectivity index is 1.74. The molecular formula is C17H25ClN2. The van der Waals surface area contributed by atoms with Crippen molar-refractivity contribution >= 4 is 17.3 Å². The maximum Gasteiger partial charge on any atom is 0.0426 e. The summed E-state index contributed by atoms with van der Waals surface area (Å²) in [5.74, 6) is 0. The number of anilines is 1. The van der Waals surface area contributed by atoms with Gasteiger partial charge in [-0.25, -0.2) is 0 Å². The molecule has 3 heteroatoms. The minimum absolute atomic E-state index is 0.755. The number of hydrogen-bond donors (Lipinski definition) is 1. The van der Waals surface area contributed by atoms with Gasteiger partial charge >= 0.3 is 0 Å². The molecule has 20 heavy (non-hydrogen) atoms. The molecule has 2 fully saturated rings. The SMILES string of the molecule is Clc1ccc(CNC2CC2)c(N2CCCCCCC2)c1. The molecule has 1 aromatic carbocycles. The fourth-order valence-corrected chi connectivity index (χ4v) is 3.18. The Morgan fingerprint density at radius 1 is 1.05 bits per heavy atom. The van der Waals surface area contributed by atoms with Crippen LogP contribution < -0.4 is 10.2 Å². The first-order valence-corrected chi connectivity index (χ1v) is 8.47. The molecule has 1 aromatic rings. The lowest BCUT2D eigenvalue weighted by molar-refractivity contribution is 0.554. The van der Waals surface area contributed by atoms with Crippen LogP contribution in [0.1, 0.15) is 50.5 Å². The van der Waals surface area contributed by atoms with Crippen LogP contribution in [0.5, 0.6) is 0 Å². The second-order valence-corrected chi connectivity index (χ2v) is 6.62. The molecule has 0 bridgehead atoms. The average Bonchev–Trinajstić information content (AvgIpc) is 3.21. The van der Waals surface area contributed by atoms with E-state index in [4.69, 9.17) is 11.6 Å². The third-order valence-electron chi connectivity index (χ3n) is 4.40. The van der Waals surface area contributed by atoms with Gasteiger partial charge in [-0.3, -0.25) is 0 Å². The predicted molar refractivity (Wildman–Crippen MR) is 86.6 cm³/mol. The summed E-state index contributed by atoms with van der Waals surface area (Å²) in [7, 11) is 0. The fourth-order valence-electron chi connectivity index (χ4n) is 3.01. The molecule has 0 radical (unpaired) electrons. The van der Waals surface area contributed by atoms with Gasteiger partial charge in [-0.05, 0) is 43.4 Å². The van der Waals surface area contributed by atoms with Crippen LogP contribution in [0.15, 0.2) is 18.2 Å². The van der Waals surface area contributed by atoms with Crippen molar-refractivity contribution in [2.75, 3.05) is 18.0 Å². The highest BCUT2D eigenvalue weighted by molar-refractivity contribution is 6.30. The molecule has 0 spiro atoms. The third kappa shape index (κ3) is 3.89. The van der Waals surface area contributed by atoms with Crippen LogP contribution in [0.25, 0.3) is 0 Å². The Labute approximate surface area is 127 Å². The van der Waals surface area contributed by atoms with Gasteiger partial charge in [0.15, 0.2) is 0 Å². The lowest BCUT2D eigenvalue weighted by Crippen LogP contribution is -2.29. The van der Waals surface area contributed by atoms with Gasteiger partial charge in [-0.1, -0.05) is 36.9 Å². The average molecular weight is 293 g/mol. The van der Waals surface area contributed by atoms with Gasteiger partial charge in [0, 0.05) is 36.4 Å². The number of hydrogen-bond acceptors (Lipinski definition) is 2. The summed E-state index contributed by atoms with van der Waals surface area (Å²) in [5, 5.41) is 4.49. The molecule has 2 nitrogen and oxygen atoms in total. The highest BCUT2D eigenvalue weighted by Crippen LogP contribution is 2.28. The highest BCUT2D eigenvalue weighted by Gasteiger charge is 2.21. The molecule has 1 saturated carbocycles. The number of benzene rings is 1. The molecule has 2 aliphatic rings. The van der Waals surface area contributed by atoms with E-state index in [1.165, 1.54) is 69.3 Å². The van der Waals surface area contributed by atoms with Crippen molar-refractivity contribution in [1.82, 2.24) is 5.32 Å². The van der Waals surface area contributed by atoms with Crippen molar-refractivity contribution < 1.29 is 0 Å².